The van der Waals surface area contributed by atoms with Crippen LogP contribution in [0.4, 0.5) is 0 Å². The third-order valence-electron chi connectivity index (χ3n) is 2.75. The van der Waals surface area contributed by atoms with Crippen molar-refractivity contribution in [3.05, 3.63) is 0 Å². The summed E-state index contributed by atoms with van der Waals surface area (Å²) < 4.78 is 0. The molecule has 1 unspecified atom stereocenters. The van der Waals surface area contributed by atoms with Gasteiger partial charge in [0, 0.05) is 25.7 Å². The summed E-state index contributed by atoms with van der Waals surface area (Å²) in [5.41, 5.74) is 0. The first-order valence-electron chi connectivity index (χ1n) is 6.38. The molecule has 2 N–H and O–H groups in total. The number of nitrogens with one attached hydrogen (secondary N) is 2. The maximum absolute atomic E-state index is 4.51. The predicted octanol–water partition coefficient (Wildman–Crippen LogP) is 1.29. The topological polar surface area (TPSA) is 39.7 Å². The van der Waals surface area contributed by atoms with Gasteiger partial charge >= 0.3 is 0 Å². The van der Waals surface area contributed by atoms with Crippen LogP contribution in [0.15, 0.2) is 4.99 Å². The summed E-state index contributed by atoms with van der Waals surface area (Å²) >= 11 is 0. The average Bonchev–Trinajstić information content (AvgIpc) is 2.28. The molecular formula is C12H28N4. The van der Waals surface area contributed by atoms with E-state index in [4.69, 9.17) is 0 Å². The van der Waals surface area contributed by atoms with Gasteiger partial charge in [-0.25, -0.2) is 0 Å². The number of nitrogens with zero attached hydrogens (tertiary/aromatic N) is 2. The number of rotatable bonds is 7. The molecule has 0 heterocycles. The Labute approximate surface area is 101 Å². The Morgan fingerprint density at radius 1 is 1.19 bits per heavy atom. The van der Waals surface area contributed by atoms with Gasteiger partial charge in [-0.2, -0.15) is 0 Å². The third-order valence-corrected chi connectivity index (χ3v) is 2.75. The zero-order chi connectivity index (χ0) is 12.4. The fourth-order valence-electron chi connectivity index (χ4n) is 1.36. The van der Waals surface area contributed by atoms with Crippen LogP contribution >= 0.6 is 0 Å². The number of guanidine groups is 1. The molecule has 0 rings (SSSR count). The lowest BCUT2D eigenvalue weighted by molar-refractivity contribution is 0.259. The Bertz CT molecular complexity index is 183. The minimum atomic E-state index is 0.636. The monoisotopic (exact) mass is 228 g/mol. The van der Waals surface area contributed by atoms with E-state index in [2.05, 4.69) is 55.3 Å². The number of aliphatic imine (C=N–C) groups is 1. The van der Waals surface area contributed by atoms with Crippen LogP contribution in [0.3, 0.4) is 0 Å². The summed E-state index contributed by atoms with van der Waals surface area (Å²) in [6, 6.07) is 0.636. The van der Waals surface area contributed by atoms with Crippen LogP contribution in [0.2, 0.25) is 0 Å². The Kier molecular flexibility index (Phi) is 9.00. The zero-order valence-corrected chi connectivity index (χ0v) is 11.5. The first kappa shape index (κ1) is 15.2. The van der Waals surface area contributed by atoms with Gasteiger partial charge in [-0.05, 0) is 34.2 Å². The summed E-state index contributed by atoms with van der Waals surface area (Å²) in [5.74, 6) is 0.919. The average molecular weight is 228 g/mol. The maximum Gasteiger partial charge on any atom is 0.191 e. The lowest BCUT2D eigenvalue weighted by atomic mass is 10.2. The van der Waals surface area contributed by atoms with Gasteiger partial charge in [-0.3, -0.25) is 4.99 Å². The Balaban J connectivity index is 3.93. The summed E-state index contributed by atoms with van der Waals surface area (Å²) in [5, 5.41) is 6.44. The molecule has 96 valence electrons. The molecule has 0 aromatic rings. The van der Waals surface area contributed by atoms with Gasteiger partial charge in [0.25, 0.3) is 0 Å². The first-order valence-corrected chi connectivity index (χ1v) is 6.38. The van der Waals surface area contributed by atoms with E-state index in [1.54, 1.807) is 0 Å². The molecule has 0 radical (unpaired) electrons. The third kappa shape index (κ3) is 6.67. The van der Waals surface area contributed by atoms with Gasteiger partial charge in [0.15, 0.2) is 5.96 Å². The molecule has 0 fully saturated rings. The van der Waals surface area contributed by atoms with Crippen molar-refractivity contribution in [3.8, 4) is 0 Å². The fourth-order valence-corrected chi connectivity index (χ4v) is 1.36. The molecule has 0 aromatic carbocycles. The van der Waals surface area contributed by atoms with Crippen LogP contribution < -0.4 is 10.6 Å². The highest BCUT2D eigenvalue weighted by Gasteiger charge is 2.05. The van der Waals surface area contributed by atoms with Crippen molar-refractivity contribution in [1.82, 2.24) is 15.5 Å². The van der Waals surface area contributed by atoms with E-state index in [9.17, 15) is 0 Å². The molecule has 0 aromatic heterocycles. The Hall–Kier alpha value is -0.770. The van der Waals surface area contributed by atoms with Crippen molar-refractivity contribution >= 4 is 5.96 Å². The normalized spacial score (nSPS) is 12.4. The Morgan fingerprint density at radius 3 is 2.19 bits per heavy atom. The summed E-state index contributed by atoms with van der Waals surface area (Å²) in [6.07, 6.45) is 1.19. The van der Waals surface area contributed by atoms with E-state index < -0.39 is 0 Å². The van der Waals surface area contributed by atoms with Gasteiger partial charge < -0.3 is 15.5 Å². The molecule has 0 saturated heterocycles. The molecule has 4 nitrogen and oxygen atoms in total. The van der Waals surface area contributed by atoms with E-state index >= 15 is 0 Å². The smallest absolute Gasteiger partial charge is 0.191 e. The van der Waals surface area contributed by atoms with Gasteiger partial charge in [-0.15, -0.1) is 0 Å². The van der Waals surface area contributed by atoms with Gasteiger partial charge in [0.2, 0.25) is 0 Å². The minimum Gasteiger partial charge on any atom is -0.357 e. The number of likely N-dealkylation sites (N-methyl/N-ethyl adjacent to an activating group) is 1. The highest BCUT2D eigenvalue weighted by Crippen LogP contribution is 1.98. The molecule has 0 aliphatic heterocycles. The molecule has 0 bridgehead atoms. The van der Waals surface area contributed by atoms with E-state index in [1.165, 1.54) is 6.42 Å². The molecular weight excluding hydrogens is 200 g/mol. The van der Waals surface area contributed by atoms with E-state index in [-0.39, 0.29) is 0 Å². The second-order valence-electron chi connectivity index (χ2n) is 4.03. The molecule has 1 atom stereocenters. The van der Waals surface area contributed by atoms with Gasteiger partial charge in [0.05, 0.1) is 6.54 Å². The summed E-state index contributed by atoms with van der Waals surface area (Å²) in [6.45, 7) is 12.3. The second-order valence-corrected chi connectivity index (χ2v) is 4.03. The highest BCUT2D eigenvalue weighted by atomic mass is 15.2. The Morgan fingerprint density at radius 2 is 1.75 bits per heavy atom. The van der Waals surface area contributed by atoms with Crippen molar-refractivity contribution in [3.63, 3.8) is 0 Å². The second kappa shape index (κ2) is 9.46. The van der Waals surface area contributed by atoms with Crippen LogP contribution in [0.25, 0.3) is 0 Å². The van der Waals surface area contributed by atoms with Crippen molar-refractivity contribution < 1.29 is 0 Å². The number of hydrogen-bond donors (Lipinski definition) is 2. The predicted molar refractivity (Wildman–Crippen MR) is 72.0 cm³/mol. The van der Waals surface area contributed by atoms with Crippen LogP contribution in [-0.4, -0.2) is 50.1 Å². The fraction of sp³-hybridized carbons (Fsp3) is 0.917. The molecule has 0 spiro atoms. The molecule has 0 aliphatic rings. The molecule has 4 heteroatoms. The molecule has 0 saturated carbocycles. The largest absolute Gasteiger partial charge is 0.357 e. The van der Waals surface area contributed by atoms with E-state index in [1.807, 2.05) is 0 Å². The SMILES string of the molecule is CCNC(=NCCN(C)C(C)CC)NCC. The minimum absolute atomic E-state index is 0.636. The maximum atomic E-state index is 4.51. The van der Waals surface area contributed by atoms with Crippen molar-refractivity contribution in [2.75, 3.05) is 33.2 Å². The first-order chi connectivity index (χ1) is 7.65. The van der Waals surface area contributed by atoms with Crippen molar-refractivity contribution in [2.45, 2.75) is 40.2 Å². The highest BCUT2D eigenvalue weighted by molar-refractivity contribution is 5.79. The summed E-state index contributed by atoms with van der Waals surface area (Å²) in [4.78, 5) is 6.86. The van der Waals surface area contributed by atoms with Crippen LogP contribution in [0, 0.1) is 0 Å². The molecule has 16 heavy (non-hydrogen) atoms. The number of hydrogen-bond acceptors (Lipinski definition) is 2. The van der Waals surface area contributed by atoms with Crippen LogP contribution in [-0.2, 0) is 0 Å². The van der Waals surface area contributed by atoms with Gasteiger partial charge in [-0.1, -0.05) is 6.92 Å². The standard InChI is InChI=1S/C12H28N4/c1-6-11(4)16(5)10-9-15-12(13-7-2)14-8-3/h11H,6-10H2,1-5H3,(H2,13,14,15). The van der Waals surface area contributed by atoms with Gasteiger partial charge in [0.1, 0.15) is 0 Å². The van der Waals surface area contributed by atoms with E-state index in [0.29, 0.717) is 6.04 Å². The summed E-state index contributed by atoms with van der Waals surface area (Å²) in [7, 11) is 2.16. The zero-order valence-electron chi connectivity index (χ0n) is 11.5. The molecule has 0 amide bonds. The van der Waals surface area contributed by atoms with Crippen molar-refractivity contribution in [2.24, 2.45) is 4.99 Å². The quantitative estimate of drug-likeness (QED) is 0.509. The van der Waals surface area contributed by atoms with Crippen LogP contribution in [0.1, 0.15) is 34.1 Å². The van der Waals surface area contributed by atoms with Crippen molar-refractivity contribution in [1.29, 1.82) is 0 Å². The lowest BCUT2D eigenvalue weighted by Crippen LogP contribution is -2.38. The lowest BCUT2D eigenvalue weighted by Gasteiger charge is -2.22. The van der Waals surface area contributed by atoms with Crippen LogP contribution in [0.5, 0.6) is 0 Å². The molecule has 0 aliphatic carbocycles. The van der Waals surface area contributed by atoms with E-state index in [0.717, 1.165) is 32.1 Å².